The van der Waals surface area contributed by atoms with Crippen molar-refractivity contribution in [2.24, 2.45) is 0 Å². The zero-order valence-electron chi connectivity index (χ0n) is 14.3. The molecule has 0 spiro atoms. The minimum atomic E-state index is -0.425. The van der Waals surface area contributed by atoms with E-state index in [1.165, 1.54) is 6.07 Å². The first-order valence-corrected chi connectivity index (χ1v) is 9.18. The van der Waals surface area contributed by atoms with E-state index in [1.54, 1.807) is 17.0 Å². The van der Waals surface area contributed by atoms with E-state index in [0.717, 1.165) is 11.1 Å². The average Bonchev–Trinajstić information content (AvgIpc) is 3.11. The number of ether oxygens (including phenoxy) is 1. The van der Waals surface area contributed by atoms with Crippen molar-refractivity contribution in [2.75, 3.05) is 0 Å². The molecule has 6 heteroatoms. The van der Waals surface area contributed by atoms with Crippen molar-refractivity contribution in [3.8, 4) is 11.4 Å². The van der Waals surface area contributed by atoms with E-state index < -0.39 is 5.82 Å². The lowest BCUT2D eigenvalue weighted by Crippen LogP contribution is -1.99. The number of hydrogen-bond acceptors (Lipinski definition) is 3. The minimum Gasteiger partial charge on any atom is -0.489 e. The van der Waals surface area contributed by atoms with Gasteiger partial charge in [-0.2, -0.15) is 0 Å². The van der Waals surface area contributed by atoms with Crippen molar-refractivity contribution in [1.29, 1.82) is 0 Å². The number of benzene rings is 3. The second-order valence-corrected chi connectivity index (χ2v) is 6.95. The fourth-order valence-corrected chi connectivity index (χ4v) is 3.36. The average molecular weight is 427 g/mol. The summed E-state index contributed by atoms with van der Waals surface area (Å²) < 4.78 is 22.6. The summed E-state index contributed by atoms with van der Waals surface area (Å²) >= 11 is 3.37. The Balaban J connectivity index is 1.64. The summed E-state index contributed by atoms with van der Waals surface area (Å²) in [7, 11) is 0. The fraction of sp³-hybridized carbons (Fsp3) is 0.0952. The number of nitrogens with zero attached hydrogens (tertiary/aromatic N) is 2. The van der Waals surface area contributed by atoms with Gasteiger partial charge in [0.1, 0.15) is 24.5 Å². The smallest absolute Gasteiger partial charge is 0.147 e. The van der Waals surface area contributed by atoms with Crippen LogP contribution in [-0.4, -0.2) is 14.7 Å². The van der Waals surface area contributed by atoms with E-state index in [-0.39, 0.29) is 6.61 Å². The molecule has 27 heavy (non-hydrogen) atoms. The third kappa shape index (κ3) is 3.59. The lowest BCUT2D eigenvalue weighted by Gasteiger charge is -2.10. The van der Waals surface area contributed by atoms with Gasteiger partial charge in [-0.25, -0.2) is 9.37 Å². The quantitative estimate of drug-likeness (QED) is 0.488. The number of aliphatic hydroxyl groups is 1. The van der Waals surface area contributed by atoms with Crippen molar-refractivity contribution in [1.82, 2.24) is 9.55 Å². The summed E-state index contributed by atoms with van der Waals surface area (Å²) in [4.78, 5) is 4.38. The highest BCUT2D eigenvalue weighted by molar-refractivity contribution is 9.10. The van der Waals surface area contributed by atoms with Crippen molar-refractivity contribution < 1.29 is 14.2 Å². The van der Waals surface area contributed by atoms with Gasteiger partial charge in [0.25, 0.3) is 0 Å². The second-order valence-electron chi connectivity index (χ2n) is 6.09. The van der Waals surface area contributed by atoms with Crippen molar-refractivity contribution in [2.45, 2.75) is 13.2 Å². The Morgan fingerprint density at radius 3 is 2.67 bits per heavy atom. The largest absolute Gasteiger partial charge is 0.489 e. The Bertz CT molecular complexity index is 1100. The maximum absolute atomic E-state index is 14.5. The molecule has 0 aliphatic rings. The SMILES string of the molecule is OCc1cc(F)c(-n2cnc3cc(OCc4ccccc4)ccc32)cc1Br. The molecule has 0 aliphatic heterocycles. The van der Waals surface area contributed by atoms with Crippen LogP contribution in [0.4, 0.5) is 4.39 Å². The van der Waals surface area contributed by atoms with Crippen molar-refractivity contribution in [3.05, 3.63) is 88.4 Å². The van der Waals surface area contributed by atoms with E-state index in [1.807, 2.05) is 48.5 Å². The molecule has 4 aromatic rings. The molecule has 1 heterocycles. The molecule has 0 radical (unpaired) electrons. The number of halogens is 2. The van der Waals surface area contributed by atoms with Crippen molar-refractivity contribution >= 4 is 27.0 Å². The zero-order valence-corrected chi connectivity index (χ0v) is 15.9. The number of imidazole rings is 1. The number of aromatic nitrogens is 2. The number of hydrogen-bond donors (Lipinski definition) is 1. The van der Waals surface area contributed by atoms with Crippen molar-refractivity contribution in [3.63, 3.8) is 0 Å². The van der Waals surface area contributed by atoms with Crippen LogP contribution in [0.15, 0.2) is 71.5 Å². The molecular weight excluding hydrogens is 411 g/mol. The van der Waals surface area contributed by atoms with Crippen LogP contribution in [0.5, 0.6) is 5.75 Å². The Hall–Kier alpha value is -2.70. The highest BCUT2D eigenvalue weighted by Gasteiger charge is 2.13. The van der Waals surface area contributed by atoms with Crippen LogP contribution >= 0.6 is 15.9 Å². The Morgan fingerprint density at radius 1 is 1.07 bits per heavy atom. The zero-order chi connectivity index (χ0) is 18.8. The maximum atomic E-state index is 14.5. The van der Waals surface area contributed by atoms with E-state index >= 15 is 0 Å². The van der Waals surface area contributed by atoms with Crippen LogP contribution in [-0.2, 0) is 13.2 Å². The number of aliphatic hydroxyl groups excluding tert-OH is 1. The molecule has 0 amide bonds. The third-order valence-electron chi connectivity index (χ3n) is 4.31. The van der Waals surface area contributed by atoms with Gasteiger partial charge < -0.3 is 9.84 Å². The number of rotatable bonds is 5. The van der Waals surface area contributed by atoms with Gasteiger partial charge in [0.05, 0.1) is 23.3 Å². The first-order valence-electron chi connectivity index (χ1n) is 8.38. The molecule has 0 saturated heterocycles. The molecule has 0 aliphatic carbocycles. The predicted octanol–water partition coefficient (Wildman–Crippen LogP) is 5.00. The molecule has 4 rings (SSSR count). The predicted molar refractivity (Wildman–Crippen MR) is 105 cm³/mol. The second kappa shape index (κ2) is 7.50. The van der Waals surface area contributed by atoms with Gasteiger partial charge in [-0.1, -0.05) is 46.3 Å². The van der Waals surface area contributed by atoms with Crippen LogP contribution in [0.25, 0.3) is 16.7 Å². The van der Waals surface area contributed by atoms with Crippen LogP contribution in [0.1, 0.15) is 11.1 Å². The summed E-state index contributed by atoms with van der Waals surface area (Å²) in [6.45, 7) is 0.238. The van der Waals surface area contributed by atoms with E-state index in [4.69, 9.17) is 4.74 Å². The van der Waals surface area contributed by atoms with Gasteiger partial charge in [-0.05, 0) is 35.4 Å². The molecular formula is C21H16BrFN2O2. The highest BCUT2D eigenvalue weighted by atomic mass is 79.9. The summed E-state index contributed by atoms with van der Waals surface area (Å²) in [5.74, 6) is 0.278. The lowest BCUT2D eigenvalue weighted by molar-refractivity contribution is 0.280. The van der Waals surface area contributed by atoms with Crippen LogP contribution in [0.3, 0.4) is 0 Å². The Labute approximate surface area is 164 Å². The molecule has 0 bridgehead atoms. The molecule has 1 N–H and O–H groups in total. The monoisotopic (exact) mass is 426 g/mol. The standard InChI is InChI=1S/C21H16BrFN2O2/c22-17-10-21(18(23)8-15(17)11-26)25-13-24-19-9-16(6-7-20(19)25)27-12-14-4-2-1-3-5-14/h1-10,13,26H,11-12H2. The van der Waals surface area contributed by atoms with Gasteiger partial charge in [0, 0.05) is 10.5 Å². The lowest BCUT2D eigenvalue weighted by atomic mass is 10.2. The topological polar surface area (TPSA) is 47.3 Å². The molecule has 0 atom stereocenters. The van der Waals surface area contributed by atoms with Gasteiger partial charge in [0.2, 0.25) is 0 Å². The molecule has 0 saturated carbocycles. The summed E-state index contributed by atoms with van der Waals surface area (Å²) in [6, 6.07) is 18.4. The molecule has 3 aromatic carbocycles. The van der Waals surface area contributed by atoms with E-state index in [9.17, 15) is 9.50 Å². The Kier molecular flexibility index (Phi) is 4.92. The Morgan fingerprint density at radius 2 is 1.89 bits per heavy atom. The van der Waals surface area contributed by atoms with Gasteiger partial charge >= 0.3 is 0 Å². The first kappa shape index (κ1) is 17.7. The summed E-state index contributed by atoms with van der Waals surface area (Å²) in [6.07, 6.45) is 1.58. The first-order chi connectivity index (χ1) is 13.2. The highest BCUT2D eigenvalue weighted by Crippen LogP contribution is 2.28. The normalized spacial score (nSPS) is 11.1. The molecule has 1 aromatic heterocycles. The van der Waals surface area contributed by atoms with E-state index in [2.05, 4.69) is 20.9 Å². The van der Waals surface area contributed by atoms with Crippen LogP contribution in [0.2, 0.25) is 0 Å². The van der Waals surface area contributed by atoms with Gasteiger partial charge in [0.15, 0.2) is 0 Å². The fourth-order valence-electron chi connectivity index (χ4n) is 2.90. The van der Waals surface area contributed by atoms with Gasteiger partial charge in [-0.15, -0.1) is 0 Å². The third-order valence-corrected chi connectivity index (χ3v) is 5.05. The molecule has 4 nitrogen and oxygen atoms in total. The molecule has 0 fully saturated rings. The minimum absolute atomic E-state index is 0.232. The summed E-state index contributed by atoms with van der Waals surface area (Å²) in [5.41, 5.74) is 3.42. The van der Waals surface area contributed by atoms with Crippen LogP contribution < -0.4 is 4.74 Å². The maximum Gasteiger partial charge on any atom is 0.147 e. The molecule has 0 unspecified atom stereocenters. The molecule has 136 valence electrons. The van der Waals surface area contributed by atoms with E-state index in [0.29, 0.717) is 33.6 Å². The van der Waals surface area contributed by atoms with Gasteiger partial charge in [-0.3, -0.25) is 4.57 Å². The number of fused-ring (bicyclic) bond motifs is 1. The summed E-state index contributed by atoms with van der Waals surface area (Å²) in [5, 5.41) is 9.27. The van der Waals surface area contributed by atoms with Crippen LogP contribution in [0, 0.1) is 5.82 Å².